The maximum atomic E-state index is 12.8. The van der Waals surface area contributed by atoms with Crippen LogP contribution in [-0.2, 0) is 10.9 Å². The van der Waals surface area contributed by atoms with E-state index in [1.54, 1.807) is 6.92 Å². The van der Waals surface area contributed by atoms with Crippen LogP contribution in [0.4, 0.5) is 13.2 Å². The van der Waals surface area contributed by atoms with Gasteiger partial charge in [-0.1, -0.05) is 12.1 Å². The normalized spacial score (nSPS) is 12.4. The molecule has 1 unspecified atom stereocenters. The lowest BCUT2D eigenvalue weighted by Gasteiger charge is -2.16. The van der Waals surface area contributed by atoms with E-state index in [0.717, 1.165) is 12.1 Å². The lowest BCUT2D eigenvalue weighted by Crippen LogP contribution is -2.26. The molecular weight excluding hydrogens is 335 g/mol. The summed E-state index contributed by atoms with van der Waals surface area (Å²) in [4.78, 5) is 23.6. The number of halogens is 3. The Morgan fingerprint density at radius 1 is 1.04 bits per heavy atom. The van der Waals surface area contributed by atoms with E-state index in [1.165, 1.54) is 43.5 Å². The van der Waals surface area contributed by atoms with Gasteiger partial charge in [-0.15, -0.1) is 0 Å². The van der Waals surface area contributed by atoms with Crippen molar-refractivity contribution in [3.8, 4) is 0 Å². The summed E-state index contributed by atoms with van der Waals surface area (Å²) in [5.74, 6) is -0.981. The summed E-state index contributed by atoms with van der Waals surface area (Å²) >= 11 is 0. The van der Waals surface area contributed by atoms with Gasteiger partial charge in [-0.3, -0.25) is 4.79 Å². The van der Waals surface area contributed by atoms with Crippen molar-refractivity contribution in [2.24, 2.45) is 0 Å². The molecule has 0 aliphatic heterocycles. The van der Waals surface area contributed by atoms with Gasteiger partial charge in [-0.05, 0) is 48.9 Å². The molecule has 0 spiro atoms. The molecule has 0 radical (unpaired) electrons. The van der Waals surface area contributed by atoms with Crippen molar-refractivity contribution in [2.75, 3.05) is 7.11 Å². The fraction of sp³-hybridized carbons (Fsp3) is 0.222. The van der Waals surface area contributed by atoms with Gasteiger partial charge >= 0.3 is 12.1 Å². The van der Waals surface area contributed by atoms with Crippen molar-refractivity contribution in [2.45, 2.75) is 19.1 Å². The SMILES string of the molecule is COC(=O)c1ccc(C(=O)NC(C)c2cccc(C(F)(F)F)c2)cc1. The Bertz CT molecular complexity index is 770. The van der Waals surface area contributed by atoms with Gasteiger partial charge in [0.15, 0.2) is 0 Å². The maximum Gasteiger partial charge on any atom is 0.416 e. The fourth-order valence-corrected chi connectivity index (χ4v) is 2.22. The van der Waals surface area contributed by atoms with E-state index in [-0.39, 0.29) is 5.56 Å². The van der Waals surface area contributed by atoms with Crippen LogP contribution >= 0.6 is 0 Å². The van der Waals surface area contributed by atoms with Crippen LogP contribution in [0.25, 0.3) is 0 Å². The van der Waals surface area contributed by atoms with Crippen molar-refractivity contribution in [1.29, 1.82) is 0 Å². The average molecular weight is 351 g/mol. The van der Waals surface area contributed by atoms with Crippen molar-refractivity contribution in [3.63, 3.8) is 0 Å². The van der Waals surface area contributed by atoms with Crippen LogP contribution in [0.3, 0.4) is 0 Å². The first-order chi connectivity index (χ1) is 11.7. The number of alkyl halides is 3. The molecule has 0 aliphatic rings. The first kappa shape index (κ1) is 18.5. The van der Waals surface area contributed by atoms with Gasteiger partial charge in [-0.2, -0.15) is 13.2 Å². The molecule has 7 heteroatoms. The van der Waals surface area contributed by atoms with E-state index < -0.39 is 29.7 Å². The van der Waals surface area contributed by atoms with Crippen LogP contribution in [0.2, 0.25) is 0 Å². The highest BCUT2D eigenvalue weighted by molar-refractivity contribution is 5.96. The number of methoxy groups -OCH3 is 1. The predicted molar refractivity (Wildman–Crippen MR) is 85.1 cm³/mol. The topological polar surface area (TPSA) is 55.4 Å². The van der Waals surface area contributed by atoms with E-state index in [1.807, 2.05) is 0 Å². The number of rotatable bonds is 4. The number of amides is 1. The lowest BCUT2D eigenvalue weighted by atomic mass is 10.0. The van der Waals surface area contributed by atoms with Crippen LogP contribution in [0, 0.1) is 0 Å². The third-order valence-corrected chi connectivity index (χ3v) is 3.63. The number of esters is 1. The third-order valence-electron chi connectivity index (χ3n) is 3.63. The molecule has 25 heavy (non-hydrogen) atoms. The molecule has 0 saturated heterocycles. The van der Waals surface area contributed by atoms with Crippen LogP contribution in [-0.4, -0.2) is 19.0 Å². The molecule has 1 N–H and O–H groups in total. The van der Waals surface area contributed by atoms with Crippen molar-refractivity contribution >= 4 is 11.9 Å². The molecule has 2 aromatic carbocycles. The summed E-state index contributed by atoms with van der Waals surface area (Å²) in [5.41, 5.74) is 0.152. The Hall–Kier alpha value is -2.83. The highest BCUT2D eigenvalue weighted by Gasteiger charge is 2.30. The maximum absolute atomic E-state index is 12.8. The zero-order valence-corrected chi connectivity index (χ0v) is 13.6. The Balaban J connectivity index is 2.11. The fourth-order valence-electron chi connectivity index (χ4n) is 2.22. The second-order valence-corrected chi connectivity index (χ2v) is 5.39. The molecule has 0 aromatic heterocycles. The summed E-state index contributed by atoms with van der Waals surface area (Å²) in [5, 5.41) is 2.63. The van der Waals surface area contributed by atoms with Gasteiger partial charge in [0.25, 0.3) is 5.91 Å². The summed E-state index contributed by atoms with van der Waals surface area (Å²) in [6, 6.07) is 9.95. The molecule has 0 fully saturated rings. The van der Waals surface area contributed by atoms with Crippen molar-refractivity contribution < 1.29 is 27.5 Å². The summed E-state index contributed by atoms with van der Waals surface area (Å²) in [6.45, 7) is 1.59. The van der Waals surface area contributed by atoms with E-state index in [4.69, 9.17) is 0 Å². The lowest BCUT2D eigenvalue weighted by molar-refractivity contribution is -0.137. The minimum absolute atomic E-state index is 0.284. The summed E-state index contributed by atoms with van der Waals surface area (Å²) in [6.07, 6.45) is -4.44. The van der Waals surface area contributed by atoms with Gasteiger partial charge < -0.3 is 10.1 Å². The molecule has 132 valence electrons. The average Bonchev–Trinajstić information content (AvgIpc) is 2.60. The number of hydrogen-bond donors (Lipinski definition) is 1. The van der Waals surface area contributed by atoms with Crippen LogP contribution < -0.4 is 5.32 Å². The van der Waals surface area contributed by atoms with Gasteiger partial charge in [0.1, 0.15) is 0 Å². The molecule has 4 nitrogen and oxygen atoms in total. The summed E-state index contributed by atoms with van der Waals surface area (Å²) < 4.78 is 42.9. The molecule has 1 amide bonds. The standard InChI is InChI=1S/C18H16F3NO3/c1-11(14-4-3-5-15(10-14)18(19,20)21)22-16(23)12-6-8-13(9-7-12)17(24)25-2/h3-11H,1-2H3,(H,22,23). The Kier molecular flexibility index (Phi) is 5.46. The Labute approximate surface area is 142 Å². The van der Waals surface area contributed by atoms with E-state index >= 15 is 0 Å². The molecular formula is C18H16F3NO3. The molecule has 2 rings (SSSR count). The van der Waals surface area contributed by atoms with Crippen LogP contribution in [0.5, 0.6) is 0 Å². The van der Waals surface area contributed by atoms with Gasteiger partial charge in [0.05, 0.1) is 24.3 Å². The highest BCUT2D eigenvalue weighted by atomic mass is 19.4. The number of carbonyl (C=O) groups excluding carboxylic acids is 2. The van der Waals surface area contributed by atoms with Crippen molar-refractivity contribution in [1.82, 2.24) is 5.32 Å². The van der Waals surface area contributed by atoms with E-state index in [0.29, 0.717) is 11.1 Å². The Morgan fingerprint density at radius 3 is 2.20 bits per heavy atom. The van der Waals surface area contributed by atoms with E-state index in [9.17, 15) is 22.8 Å². The van der Waals surface area contributed by atoms with Gasteiger partial charge in [0, 0.05) is 5.56 Å². The minimum Gasteiger partial charge on any atom is -0.465 e. The second-order valence-electron chi connectivity index (χ2n) is 5.39. The monoisotopic (exact) mass is 351 g/mol. The summed E-state index contributed by atoms with van der Waals surface area (Å²) in [7, 11) is 1.25. The molecule has 0 heterocycles. The zero-order chi connectivity index (χ0) is 18.6. The quantitative estimate of drug-likeness (QED) is 0.848. The van der Waals surface area contributed by atoms with Crippen molar-refractivity contribution in [3.05, 3.63) is 70.8 Å². The molecule has 1 atom stereocenters. The first-order valence-corrected chi connectivity index (χ1v) is 7.39. The number of nitrogens with one attached hydrogen (secondary N) is 1. The minimum atomic E-state index is -4.44. The number of ether oxygens (including phenoxy) is 1. The highest BCUT2D eigenvalue weighted by Crippen LogP contribution is 2.30. The molecule has 0 saturated carbocycles. The third kappa shape index (κ3) is 4.59. The number of hydrogen-bond acceptors (Lipinski definition) is 3. The van der Waals surface area contributed by atoms with Crippen LogP contribution in [0.15, 0.2) is 48.5 Å². The second kappa shape index (κ2) is 7.38. The Morgan fingerprint density at radius 2 is 1.64 bits per heavy atom. The molecule has 0 aliphatic carbocycles. The molecule has 2 aromatic rings. The number of benzene rings is 2. The smallest absolute Gasteiger partial charge is 0.416 e. The number of carbonyl (C=O) groups is 2. The van der Waals surface area contributed by atoms with E-state index in [2.05, 4.69) is 10.1 Å². The van der Waals surface area contributed by atoms with Gasteiger partial charge in [0.2, 0.25) is 0 Å². The predicted octanol–water partition coefficient (Wildman–Crippen LogP) is 3.98. The molecule has 0 bridgehead atoms. The largest absolute Gasteiger partial charge is 0.465 e. The zero-order valence-electron chi connectivity index (χ0n) is 13.6. The first-order valence-electron chi connectivity index (χ1n) is 7.39. The van der Waals surface area contributed by atoms with Crippen LogP contribution in [0.1, 0.15) is 44.8 Å². The van der Waals surface area contributed by atoms with Gasteiger partial charge in [-0.25, -0.2) is 4.79 Å².